The Morgan fingerprint density at radius 3 is 2.67 bits per heavy atom. The van der Waals surface area contributed by atoms with Crippen molar-refractivity contribution in [3.63, 3.8) is 0 Å². The van der Waals surface area contributed by atoms with E-state index in [2.05, 4.69) is 12.1 Å². The molecule has 2 aromatic carbocycles. The van der Waals surface area contributed by atoms with Gasteiger partial charge in [0.2, 0.25) is 0 Å². The van der Waals surface area contributed by atoms with Gasteiger partial charge in [0.25, 0.3) is 0 Å². The summed E-state index contributed by atoms with van der Waals surface area (Å²) >= 11 is 0. The second-order valence-electron chi connectivity index (χ2n) is 4.39. The van der Waals surface area contributed by atoms with E-state index in [0.717, 1.165) is 12.7 Å². The van der Waals surface area contributed by atoms with Gasteiger partial charge >= 0.3 is 0 Å². The van der Waals surface area contributed by atoms with Gasteiger partial charge in [-0.2, -0.15) is 0 Å². The number of allylic oxidation sites excluding steroid dienone is 1. The van der Waals surface area contributed by atoms with Gasteiger partial charge in [0.1, 0.15) is 0 Å². The van der Waals surface area contributed by atoms with Gasteiger partial charge in [-0.1, -0.05) is 36.4 Å². The maximum Gasteiger partial charge on any atom is 0.188 e. The van der Waals surface area contributed by atoms with Crippen LogP contribution in [0.4, 0.5) is 0 Å². The molecule has 2 nitrogen and oxygen atoms in total. The summed E-state index contributed by atoms with van der Waals surface area (Å²) in [6, 6.07) is 14.0. The molecule has 0 heterocycles. The molecule has 3 rings (SSSR count). The lowest BCUT2D eigenvalue weighted by Gasteiger charge is -2.02. The van der Waals surface area contributed by atoms with Crippen LogP contribution in [0.15, 0.2) is 54.8 Å². The molecule has 0 atom stereocenters. The molecule has 0 saturated heterocycles. The zero-order chi connectivity index (χ0) is 12.5. The van der Waals surface area contributed by atoms with Crippen LogP contribution >= 0.6 is 0 Å². The molecule has 0 fully saturated rings. The van der Waals surface area contributed by atoms with Crippen LogP contribution in [0.3, 0.4) is 0 Å². The van der Waals surface area contributed by atoms with Crippen LogP contribution in [0.5, 0.6) is 0 Å². The van der Waals surface area contributed by atoms with E-state index in [1.807, 2.05) is 30.3 Å². The molecule has 2 aromatic rings. The summed E-state index contributed by atoms with van der Waals surface area (Å²) in [6.45, 7) is 0. The Morgan fingerprint density at radius 1 is 1.06 bits per heavy atom. The fourth-order valence-electron chi connectivity index (χ4n) is 2.46. The first-order chi connectivity index (χ1) is 8.79. The number of hydrogen-bond acceptors (Lipinski definition) is 2. The second-order valence-corrected chi connectivity index (χ2v) is 4.39. The van der Waals surface area contributed by atoms with Gasteiger partial charge in [0.15, 0.2) is 5.78 Å². The molecular formula is C16H12O2. The molecule has 0 aliphatic heterocycles. The monoisotopic (exact) mass is 236 g/mol. The van der Waals surface area contributed by atoms with Crippen LogP contribution in [0.25, 0.3) is 11.1 Å². The van der Waals surface area contributed by atoms with E-state index < -0.39 is 0 Å². The minimum Gasteiger partial charge on any atom is -0.515 e. The third-order valence-electron chi connectivity index (χ3n) is 3.30. The van der Waals surface area contributed by atoms with Gasteiger partial charge in [-0.3, -0.25) is 4.79 Å². The van der Waals surface area contributed by atoms with Crippen molar-refractivity contribution < 1.29 is 9.90 Å². The van der Waals surface area contributed by atoms with Gasteiger partial charge in [0.05, 0.1) is 6.26 Å². The normalized spacial score (nSPS) is 12.4. The molecule has 1 N–H and O–H groups in total. The highest BCUT2D eigenvalue weighted by Crippen LogP contribution is 2.36. The Labute approximate surface area is 105 Å². The molecular weight excluding hydrogens is 224 g/mol. The predicted molar refractivity (Wildman–Crippen MR) is 70.8 cm³/mol. The Kier molecular flexibility index (Phi) is 2.49. The average Bonchev–Trinajstić information content (AvgIpc) is 2.76. The molecule has 1 aliphatic rings. The van der Waals surface area contributed by atoms with Crippen molar-refractivity contribution in [3.05, 3.63) is 71.5 Å². The number of fused-ring (bicyclic) bond motifs is 3. The summed E-state index contributed by atoms with van der Waals surface area (Å²) < 4.78 is 0. The lowest BCUT2D eigenvalue weighted by molar-refractivity contribution is 0.104. The Hall–Kier alpha value is -2.35. The van der Waals surface area contributed by atoms with Crippen molar-refractivity contribution in [2.75, 3.05) is 0 Å². The van der Waals surface area contributed by atoms with Crippen LogP contribution in [0, 0.1) is 0 Å². The van der Waals surface area contributed by atoms with Gasteiger partial charge in [0, 0.05) is 11.6 Å². The van der Waals surface area contributed by atoms with E-state index in [1.165, 1.54) is 28.3 Å². The molecule has 0 aromatic heterocycles. The van der Waals surface area contributed by atoms with E-state index in [1.54, 1.807) is 0 Å². The third-order valence-corrected chi connectivity index (χ3v) is 3.30. The number of carbonyl (C=O) groups is 1. The largest absolute Gasteiger partial charge is 0.515 e. The maximum absolute atomic E-state index is 11.7. The number of benzene rings is 2. The van der Waals surface area contributed by atoms with Crippen LogP contribution in [-0.2, 0) is 6.42 Å². The number of hydrogen-bond donors (Lipinski definition) is 1. The molecule has 2 heteroatoms. The zero-order valence-electron chi connectivity index (χ0n) is 9.76. The third kappa shape index (κ3) is 1.63. The number of ketones is 1. The molecule has 0 unspecified atom stereocenters. The van der Waals surface area contributed by atoms with Crippen molar-refractivity contribution >= 4 is 5.78 Å². The average molecular weight is 236 g/mol. The summed E-state index contributed by atoms with van der Waals surface area (Å²) in [6.07, 6.45) is 2.82. The first kappa shape index (κ1) is 10.8. The molecule has 1 aliphatic carbocycles. The highest BCUT2D eigenvalue weighted by molar-refractivity contribution is 6.05. The minimum absolute atomic E-state index is 0.170. The first-order valence-electron chi connectivity index (χ1n) is 5.86. The van der Waals surface area contributed by atoms with E-state index in [0.29, 0.717) is 5.56 Å². The molecule has 18 heavy (non-hydrogen) atoms. The Bertz CT molecular complexity index is 654. The number of carbonyl (C=O) groups excluding carboxylic acids is 1. The van der Waals surface area contributed by atoms with Crippen molar-refractivity contribution in [1.82, 2.24) is 0 Å². The van der Waals surface area contributed by atoms with E-state index in [-0.39, 0.29) is 5.78 Å². The number of aliphatic hydroxyl groups is 1. The van der Waals surface area contributed by atoms with Gasteiger partial charge in [-0.25, -0.2) is 0 Å². The van der Waals surface area contributed by atoms with E-state index >= 15 is 0 Å². The zero-order valence-corrected chi connectivity index (χ0v) is 9.76. The second kappa shape index (κ2) is 4.15. The molecule has 88 valence electrons. The highest BCUT2D eigenvalue weighted by Gasteiger charge is 2.18. The molecule has 0 bridgehead atoms. The molecule has 0 spiro atoms. The van der Waals surface area contributed by atoms with Crippen LogP contribution in [0.2, 0.25) is 0 Å². The summed E-state index contributed by atoms with van der Waals surface area (Å²) in [5, 5.41) is 8.63. The van der Waals surface area contributed by atoms with Gasteiger partial charge in [-0.15, -0.1) is 0 Å². The van der Waals surface area contributed by atoms with Crippen molar-refractivity contribution in [3.8, 4) is 11.1 Å². The lowest BCUT2D eigenvalue weighted by Crippen LogP contribution is -1.95. The Morgan fingerprint density at radius 2 is 1.83 bits per heavy atom. The smallest absolute Gasteiger partial charge is 0.188 e. The maximum atomic E-state index is 11.7. The van der Waals surface area contributed by atoms with Crippen LogP contribution in [-0.4, -0.2) is 10.9 Å². The van der Waals surface area contributed by atoms with Crippen molar-refractivity contribution in [1.29, 1.82) is 0 Å². The number of rotatable bonds is 2. The molecule has 0 radical (unpaired) electrons. The lowest BCUT2D eigenvalue weighted by atomic mass is 10.0. The fraction of sp³-hybridized carbons (Fsp3) is 0.0625. The quantitative estimate of drug-likeness (QED) is 0.420. The van der Waals surface area contributed by atoms with E-state index in [4.69, 9.17) is 5.11 Å². The summed E-state index contributed by atoms with van der Waals surface area (Å²) in [4.78, 5) is 11.7. The minimum atomic E-state index is -0.170. The van der Waals surface area contributed by atoms with Gasteiger partial charge < -0.3 is 5.11 Å². The first-order valence-corrected chi connectivity index (χ1v) is 5.86. The standard InChI is InChI=1S/C16H12O2/c17-8-7-16(18)12-5-6-15-13(10-12)9-11-3-1-2-4-14(11)15/h1-8,10,17H,9H2/b8-7+. The summed E-state index contributed by atoms with van der Waals surface area (Å²) in [7, 11) is 0. The fourth-order valence-corrected chi connectivity index (χ4v) is 2.46. The summed E-state index contributed by atoms with van der Waals surface area (Å²) in [5.41, 5.74) is 5.55. The summed E-state index contributed by atoms with van der Waals surface area (Å²) in [5.74, 6) is -0.170. The van der Waals surface area contributed by atoms with Crippen LogP contribution < -0.4 is 0 Å². The van der Waals surface area contributed by atoms with Crippen molar-refractivity contribution in [2.24, 2.45) is 0 Å². The van der Waals surface area contributed by atoms with E-state index in [9.17, 15) is 4.79 Å². The predicted octanol–water partition coefficient (Wildman–Crippen LogP) is 3.51. The SMILES string of the molecule is O=C(/C=C/O)c1ccc2c(c1)Cc1ccccc1-2. The Balaban J connectivity index is 2.06. The van der Waals surface area contributed by atoms with Crippen LogP contribution in [0.1, 0.15) is 21.5 Å². The topological polar surface area (TPSA) is 37.3 Å². The number of aliphatic hydroxyl groups excluding tert-OH is 1. The van der Waals surface area contributed by atoms with Gasteiger partial charge in [-0.05, 0) is 34.7 Å². The highest BCUT2D eigenvalue weighted by atomic mass is 16.2. The molecule has 0 saturated carbocycles. The van der Waals surface area contributed by atoms with Crippen molar-refractivity contribution in [2.45, 2.75) is 6.42 Å². The molecule has 0 amide bonds.